The highest BCUT2D eigenvalue weighted by Gasteiger charge is 2.23. The molecule has 0 heterocycles. The number of hydrogen-bond donors (Lipinski definition) is 2. The zero-order chi connectivity index (χ0) is 12.1. The molecule has 1 aromatic rings. The van der Waals surface area contributed by atoms with E-state index in [1.807, 2.05) is 19.2 Å². The molecular formula is C13H20BrNO. The van der Waals surface area contributed by atoms with Crippen LogP contribution in [0.5, 0.6) is 0 Å². The molecule has 2 atom stereocenters. The zero-order valence-electron chi connectivity index (χ0n) is 10.1. The van der Waals surface area contributed by atoms with Gasteiger partial charge in [0.25, 0.3) is 0 Å². The van der Waals surface area contributed by atoms with Crippen LogP contribution in [0.25, 0.3) is 0 Å². The van der Waals surface area contributed by atoms with E-state index in [2.05, 4.69) is 47.2 Å². The van der Waals surface area contributed by atoms with Crippen LogP contribution < -0.4 is 5.32 Å². The maximum Gasteiger partial charge on any atom is 0.0479 e. The standard InChI is InChI=1S/C13H20BrNO/c1-9(2)12(8-16)13(15-3)10-5-4-6-11(14)7-10/h4-7,9,12-13,15-16H,8H2,1-3H3. The van der Waals surface area contributed by atoms with Gasteiger partial charge in [-0.05, 0) is 30.7 Å². The molecule has 90 valence electrons. The molecule has 0 saturated carbocycles. The van der Waals surface area contributed by atoms with Gasteiger partial charge in [0.05, 0.1) is 0 Å². The Labute approximate surface area is 106 Å². The summed E-state index contributed by atoms with van der Waals surface area (Å²) in [6.07, 6.45) is 0. The van der Waals surface area contributed by atoms with Crippen molar-refractivity contribution >= 4 is 15.9 Å². The molecule has 2 nitrogen and oxygen atoms in total. The van der Waals surface area contributed by atoms with Crippen LogP contribution >= 0.6 is 15.9 Å². The van der Waals surface area contributed by atoms with E-state index in [9.17, 15) is 5.11 Å². The van der Waals surface area contributed by atoms with Gasteiger partial charge in [-0.3, -0.25) is 0 Å². The topological polar surface area (TPSA) is 32.3 Å². The van der Waals surface area contributed by atoms with Crippen molar-refractivity contribution in [2.75, 3.05) is 13.7 Å². The van der Waals surface area contributed by atoms with E-state index in [-0.39, 0.29) is 18.6 Å². The number of hydrogen-bond acceptors (Lipinski definition) is 2. The molecule has 2 unspecified atom stereocenters. The van der Waals surface area contributed by atoms with Gasteiger partial charge in [-0.15, -0.1) is 0 Å². The van der Waals surface area contributed by atoms with Gasteiger partial charge in [0.15, 0.2) is 0 Å². The summed E-state index contributed by atoms with van der Waals surface area (Å²) in [5, 5.41) is 12.8. The minimum Gasteiger partial charge on any atom is -0.396 e. The summed E-state index contributed by atoms with van der Waals surface area (Å²) in [5.74, 6) is 0.681. The molecule has 0 aliphatic carbocycles. The van der Waals surface area contributed by atoms with Crippen LogP contribution in [-0.4, -0.2) is 18.8 Å². The van der Waals surface area contributed by atoms with Crippen molar-refractivity contribution in [3.8, 4) is 0 Å². The van der Waals surface area contributed by atoms with Crippen LogP contribution in [-0.2, 0) is 0 Å². The number of aliphatic hydroxyl groups is 1. The average Bonchev–Trinajstić information content (AvgIpc) is 2.25. The van der Waals surface area contributed by atoms with Gasteiger partial charge in [0.2, 0.25) is 0 Å². The van der Waals surface area contributed by atoms with Crippen LogP contribution in [0.3, 0.4) is 0 Å². The Hall–Kier alpha value is -0.380. The molecule has 0 radical (unpaired) electrons. The van der Waals surface area contributed by atoms with Crippen molar-refractivity contribution in [3.63, 3.8) is 0 Å². The Bertz CT molecular complexity index is 327. The van der Waals surface area contributed by atoms with E-state index < -0.39 is 0 Å². The van der Waals surface area contributed by atoms with Gasteiger partial charge in [0, 0.05) is 23.0 Å². The van der Waals surface area contributed by atoms with Crippen molar-refractivity contribution in [1.29, 1.82) is 0 Å². The van der Waals surface area contributed by atoms with Crippen LogP contribution in [0.4, 0.5) is 0 Å². The predicted molar refractivity (Wildman–Crippen MR) is 71.4 cm³/mol. The molecule has 0 bridgehead atoms. The van der Waals surface area contributed by atoms with Crippen LogP contribution in [0.2, 0.25) is 0 Å². The van der Waals surface area contributed by atoms with E-state index in [0.29, 0.717) is 5.92 Å². The first kappa shape index (κ1) is 13.7. The smallest absolute Gasteiger partial charge is 0.0479 e. The van der Waals surface area contributed by atoms with Crippen LogP contribution in [0.1, 0.15) is 25.5 Å². The fourth-order valence-corrected chi connectivity index (χ4v) is 2.45. The van der Waals surface area contributed by atoms with Gasteiger partial charge >= 0.3 is 0 Å². The van der Waals surface area contributed by atoms with Gasteiger partial charge in [-0.2, -0.15) is 0 Å². The number of aliphatic hydroxyl groups excluding tert-OH is 1. The molecule has 16 heavy (non-hydrogen) atoms. The molecule has 0 saturated heterocycles. The van der Waals surface area contributed by atoms with Crippen molar-refractivity contribution in [1.82, 2.24) is 5.32 Å². The minimum atomic E-state index is 0.197. The van der Waals surface area contributed by atoms with Crippen LogP contribution in [0.15, 0.2) is 28.7 Å². The molecule has 0 aliphatic rings. The van der Waals surface area contributed by atoms with Gasteiger partial charge in [-0.25, -0.2) is 0 Å². The summed E-state index contributed by atoms with van der Waals surface area (Å²) in [6, 6.07) is 8.43. The van der Waals surface area contributed by atoms with Crippen molar-refractivity contribution < 1.29 is 5.11 Å². The molecule has 2 N–H and O–H groups in total. The Morgan fingerprint density at radius 2 is 2.06 bits per heavy atom. The lowest BCUT2D eigenvalue weighted by Gasteiger charge is -2.29. The molecule has 1 aromatic carbocycles. The van der Waals surface area contributed by atoms with Gasteiger partial charge < -0.3 is 10.4 Å². The Balaban J connectivity index is 2.96. The SMILES string of the molecule is CNC(c1cccc(Br)c1)C(CO)C(C)C. The summed E-state index contributed by atoms with van der Waals surface area (Å²) in [4.78, 5) is 0. The highest BCUT2D eigenvalue weighted by Crippen LogP contribution is 2.28. The third kappa shape index (κ3) is 3.30. The van der Waals surface area contributed by atoms with Crippen molar-refractivity contribution in [2.24, 2.45) is 11.8 Å². The molecule has 0 amide bonds. The number of halogens is 1. The van der Waals surface area contributed by atoms with Crippen molar-refractivity contribution in [3.05, 3.63) is 34.3 Å². The lowest BCUT2D eigenvalue weighted by molar-refractivity contribution is 0.154. The van der Waals surface area contributed by atoms with E-state index in [0.717, 1.165) is 4.47 Å². The second-order valence-electron chi connectivity index (χ2n) is 4.41. The summed E-state index contributed by atoms with van der Waals surface area (Å²) in [5.41, 5.74) is 1.21. The molecule has 0 fully saturated rings. The normalized spacial score (nSPS) is 15.1. The summed E-state index contributed by atoms with van der Waals surface area (Å²) in [6.45, 7) is 4.49. The summed E-state index contributed by atoms with van der Waals surface area (Å²) >= 11 is 3.48. The highest BCUT2D eigenvalue weighted by atomic mass is 79.9. The number of benzene rings is 1. The second kappa shape index (κ2) is 6.38. The maximum absolute atomic E-state index is 9.48. The Morgan fingerprint density at radius 1 is 1.38 bits per heavy atom. The monoisotopic (exact) mass is 285 g/mol. The molecule has 3 heteroatoms. The summed E-state index contributed by atoms with van der Waals surface area (Å²) < 4.78 is 1.07. The lowest BCUT2D eigenvalue weighted by Crippen LogP contribution is -2.31. The first-order valence-corrected chi connectivity index (χ1v) is 6.43. The fraction of sp³-hybridized carbons (Fsp3) is 0.538. The third-order valence-corrected chi connectivity index (χ3v) is 3.51. The molecular weight excluding hydrogens is 266 g/mol. The fourth-order valence-electron chi connectivity index (χ4n) is 2.03. The molecule has 0 aromatic heterocycles. The van der Waals surface area contributed by atoms with Crippen molar-refractivity contribution in [2.45, 2.75) is 19.9 Å². The van der Waals surface area contributed by atoms with Gasteiger partial charge in [0.1, 0.15) is 0 Å². The van der Waals surface area contributed by atoms with E-state index in [1.165, 1.54) is 5.56 Å². The average molecular weight is 286 g/mol. The highest BCUT2D eigenvalue weighted by molar-refractivity contribution is 9.10. The zero-order valence-corrected chi connectivity index (χ0v) is 11.7. The van der Waals surface area contributed by atoms with E-state index in [4.69, 9.17) is 0 Å². The summed E-state index contributed by atoms with van der Waals surface area (Å²) in [7, 11) is 1.94. The first-order valence-electron chi connectivity index (χ1n) is 5.63. The molecule has 0 aliphatic heterocycles. The molecule has 1 rings (SSSR count). The number of rotatable bonds is 5. The van der Waals surface area contributed by atoms with E-state index >= 15 is 0 Å². The van der Waals surface area contributed by atoms with E-state index in [1.54, 1.807) is 0 Å². The maximum atomic E-state index is 9.48. The predicted octanol–water partition coefficient (Wildman–Crippen LogP) is 2.97. The largest absolute Gasteiger partial charge is 0.396 e. The molecule has 0 spiro atoms. The first-order chi connectivity index (χ1) is 7.60. The lowest BCUT2D eigenvalue weighted by atomic mass is 9.85. The third-order valence-electron chi connectivity index (χ3n) is 3.01. The second-order valence-corrected chi connectivity index (χ2v) is 5.33. The quantitative estimate of drug-likeness (QED) is 0.872. The van der Waals surface area contributed by atoms with Crippen LogP contribution in [0, 0.1) is 11.8 Å². The Morgan fingerprint density at radius 3 is 2.50 bits per heavy atom. The minimum absolute atomic E-state index is 0.197. The number of nitrogens with one attached hydrogen (secondary N) is 1. The van der Waals surface area contributed by atoms with Gasteiger partial charge in [-0.1, -0.05) is 41.9 Å². The Kier molecular flexibility index (Phi) is 5.46.